The van der Waals surface area contributed by atoms with Crippen molar-refractivity contribution in [2.75, 3.05) is 17.3 Å². The lowest BCUT2D eigenvalue weighted by Gasteiger charge is -2.10. The van der Waals surface area contributed by atoms with Gasteiger partial charge in [-0.15, -0.1) is 0 Å². The molecular formula is C15H18N2O2S. The zero-order valence-electron chi connectivity index (χ0n) is 11.6. The Balaban J connectivity index is 2.12. The Morgan fingerprint density at radius 1 is 1.10 bits per heavy atom. The van der Waals surface area contributed by atoms with Crippen molar-refractivity contribution in [1.29, 1.82) is 0 Å². The summed E-state index contributed by atoms with van der Waals surface area (Å²) in [5, 5.41) is 3.21. The van der Waals surface area contributed by atoms with E-state index in [1.807, 2.05) is 31.2 Å². The number of rotatable bonds is 4. The number of anilines is 2. The zero-order valence-corrected chi connectivity index (χ0v) is 12.4. The molecule has 2 aromatic rings. The van der Waals surface area contributed by atoms with Gasteiger partial charge in [0.2, 0.25) is 0 Å². The minimum absolute atomic E-state index is 0.232. The molecule has 20 heavy (non-hydrogen) atoms. The first-order valence-electron chi connectivity index (χ1n) is 6.25. The summed E-state index contributed by atoms with van der Waals surface area (Å²) in [5.74, 6) is 0. The summed E-state index contributed by atoms with van der Waals surface area (Å²) in [6.45, 7) is 2.68. The van der Waals surface area contributed by atoms with E-state index < -0.39 is 9.84 Å². The van der Waals surface area contributed by atoms with Crippen molar-refractivity contribution in [3.63, 3.8) is 0 Å². The summed E-state index contributed by atoms with van der Waals surface area (Å²) in [7, 11) is -3.22. The predicted octanol–water partition coefficient (Wildman–Crippen LogP) is 2.59. The van der Waals surface area contributed by atoms with E-state index in [0.717, 1.165) is 11.3 Å². The van der Waals surface area contributed by atoms with Crippen LogP contribution in [0.3, 0.4) is 0 Å². The minimum atomic E-state index is -3.22. The molecule has 0 saturated heterocycles. The fourth-order valence-electron chi connectivity index (χ4n) is 1.84. The van der Waals surface area contributed by atoms with Gasteiger partial charge in [-0.1, -0.05) is 29.8 Å². The lowest BCUT2D eigenvalue weighted by Crippen LogP contribution is -2.04. The van der Waals surface area contributed by atoms with E-state index in [2.05, 4.69) is 5.32 Å². The first kappa shape index (κ1) is 14.4. The van der Waals surface area contributed by atoms with E-state index in [1.54, 1.807) is 12.1 Å². The van der Waals surface area contributed by atoms with Gasteiger partial charge in [-0.25, -0.2) is 8.42 Å². The molecular weight excluding hydrogens is 272 g/mol. The standard InChI is InChI=1S/C15H18N2O2S/c1-11-3-5-12(6-4-11)10-17-15-8-7-13(9-14(15)16)20(2,18)19/h3-9,17H,10,16H2,1-2H3. The van der Waals surface area contributed by atoms with Gasteiger partial charge in [0.1, 0.15) is 0 Å². The summed E-state index contributed by atoms with van der Waals surface area (Å²) in [6.07, 6.45) is 1.17. The van der Waals surface area contributed by atoms with Crippen LogP contribution in [0, 0.1) is 6.92 Å². The van der Waals surface area contributed by atoms with Crippen LogP contribution in [0.5, 0.6) is 0 Å². The summed E-state index contributed by atoms with van der Waals surface area (Å²) in [4.78, 5) is 0.232. The maximum Gasteiger partial charge on any atom is 0.175 e. The molecule has 0 bridgehead atoms. The van der Waals surface area contributed by atoms with Crippen LogP contribution in [0.1, 0.15) is 11.1 Å². The molecule has 0 fully saturated rings. The molecule has 0 aliphatic carbocycles. The molecule has 0 heterocycles. The molecule has 0 aromatic heterocycles. The average molecular weight is 290 g/mol. The van der Waals surface area contributed by atoms with E-state index in [9.17, 15) is 8.42 Å². The van der Waals surface area contributed by atoms with Crippen LogP contribution in [0.15, 0.2) is 47.4 Å². The molecule has 0 amide bonds. The molecule has 2 rings (SSSR count). The molecule has 0 atom stereocenters. The van der Waals surface area contributed by atoms with E-state index in [-0.39, 0.29) is 4.90 Å². The number of hydrogen-bond acceptors (Lipinski definition) is 4. The Morgan fingerprint density at radius 3 is 2.30 bits per heavy atom. The highest BCUT2D eigenvalue weighted by Gasteiger charge is 2.09. The SMILES string of the molecule is Cc1ccc(CNc2ccc(S(C)(=O)=O)cc2N)cc1. The number of nitrogen functional groups attached to an aromatic ring is 1. The van der Waals surface area contributed by atoms with Crippen molar-refractivity contribution in [3.05, 3.63) is 53.6 Å². The minimum Gasteiger partial charge on any atom is -0.397 e. The van der Waals surface area contributed by atoms with E-state index in [4.69, 9.17) is 5.73 Å². The van der Waals surface area contributed by atoms with Crippen LogP contribution >= 0.6 is 0 Å². The van der Waals surface area contributed by atoms with Crippen molar-refractivity contribution in [3.8, 4) is 0 Å². The summed E-state index contributed by atoms with van der Waals surface area (Å²) < 4.78 is 22.9. The highest BCUT2D eigenvalue weighted by atomic mass is 32.2. The molecule has 2 aromatic carbocycles. The third kappa shape index (κ3) is 3.51. The number of nitrogens with two attached hydrogens (primary N) is 1. The Hall–Kier alpha value is -2.01. The molecule has 5 heteroatoms. The fraction of sp³-hybridized carbons (Fsp3) is 0.200. The number of aryl methyl sites for hydroxylation is 1. The van der Waals surface area contributed by atoms with E-state index in [1.165, 1.54) is 17.9 Å². The molecule has 4 nitrogen and oxygen atoms in total. The van der Waals surface area contributed by atoms with Crippen LogP contribution < -0.4 is 11.1 Å². The Bertz CT molecular complexity index is 707. The number of nitrogens with one attached hydrogen (secondary N) is 1. The summed E-state index contributed by atoms with van der Waals surface area (Å²) in [5.41, 5.74) is 9.40. The van der Waals surface area contributed by atoms with Gasteiger partial charge in [0.15, 0.2) is 9.84 Å². The second kappa shape index (κ2) is 5.54. The quantitative estimate of drug-likeness (QED) is 0.849. The molecule has 0 aliphatic heterocycles. The van der Waals surface area contributed by atoms with Gasteiger partial charge in [0.05, 0.1) is 16.3 Å². The predicted molar refractivity (Wildman–Crippen MR) is 82.5 cm³/mol. The molecule has 0 unspecified atom stereocenters. The van der Waals surface area contributed by atoms with Gasteiger partial charge in [-0.3, -0.25) is 0 Å². The highest BCUT2D eigenvalue weighted by molar-refractivity contribution is 7.90. The van der Waals surface area contributed by atoms with E-state index >= 15 is 0 Å². The first-order valence-corrected chi connectivity index (χ1v) is 8.14. The van der Waals surface area contributed by atoms with Crippen LogP contribution in [0.25, 0.3) is 0 Å². The number of hydrogen-bond donors (Lipinski definition) is 2. The molecule has 0 saturated carbocycles. The third-order valence-corrected chi connectivity index (χ3v) is 4.16. The normalized spacial score (nSPS) is 11.3. The second-order valence-electron chi connectivity index (χ2n) is 4.86. The Kier molecular flexibility index (Phi) is 3.99. The maximum atomic E-state index is 11.4. The molecule has 106 valence electrons. The number of sulfone groups is 1. The topological polar surface area (TPSA) is 72.2 Å². The van der Waals surface area contributed by atoms with Gasteiger partial charge in [-0.05, 0) is 30.7 Å². The Morgan fingerprint density at radius 2 is 1.75 bits per heavy atom. The van der Waals surface area contributed by atoms with Crippen molar-refractivity contribution < 1.29 is 8.42 Å². The zero-order chi connectivity index (χ0) is 14.8. The Labute approximate surface area is 119 Å². The highest BCUT2D eigenvalue weighted by Crippen LogP contribution is 2.23. The lowest BCUT2D eigenvalue weighted by molar-refractivity contribution is 0.602. The largest absolute Gasteiger partial charge is 0.397 e. The average Bonchev–Trinajstić information content (AvgIpc) is 2.38. The summed E-state index contributed by atoms with van der Waals surface area (Å²) in [6, 6.07) is 12.9. The molecule has 0 radical (unpaired) electrons. The van der Waals surface area contributed by atoms with Crippen molar-refractivity contribution >= 4 is 21.2 Å². The van der Waals surface area contributed by atoms with Crippen molar-refractivity contribution in [1.82, 2.24) is 0 Å². The second-order valence-corrected chi connectivity index (χ2v) is 6.88. The first-order chi connectivity index (χ1) is 9.36. The maximum absolute atomic E-state index is 11.4. The van der Waals surface area contributed by atoms with Gasteiger partial charge >= 0.3 is 0 Å². The summed E-state index contributed by atoms with van der Waals surface area (Å²) >= 11 is 0. The van der Waals surface area contributed by atoms with E-state index in [0.29, 0.717) is 12.2 Å². The van der Waals surface area contributed by atoms with Crippen LogP contribution in [-0.4, -0.2) is 14.7 Å². The van der Waals surface area contributed by atoms with Crippen LogP contribution in [0.2, 0.25) is 0 Å². The smallest absolute Gasteiger partial charge is 0.175 e. The van der Waals surface area contributed by atoms with Crippen molar-refractivity contribution in [2.45, 2.75) is 18.4 Å². The van der Waals surface area contributed by atoms with Gasteiger partial charge in [-0.2, -0.15) is 0 Å². The molecule has 0 spiro atoms. The molecule has 0 aliphatic rings. The third-order valence-electron chi connectivity index (χ3n) is 3.05. The molecule has 3 N–H and O–H groups in total. The number of benzene rings is 2. The van der Waals surface area contributed by atoms with Gasteiger partial charge < -0.3 is 11.1 Å². The van der Waals surface area contributed by atoms with Crippen LogP contribution in [0.4, 0.5) is 11.4 Å². The fourth-order valence-corrected chi connectivity index (χ4v) is 2.49. The van der Waals surface area contributed by atoms with Gasteiger partial charge in [0, 0.05) is 12.8 Å². The lowest BCUT2D eigenvalue weighted by atomic mass is 10.1. The van der Waals surface area contributed by atoms with Crippen LogP contribution in [-0.2, 0) is 16.4 Å². The van der Waals surface area contributed by atoms with Crippen molar-refractivity contribution in [2.24, 2.45) is 0 Å². The monoisotopic (exact) mass is 290 g/mol. The van der Waals surface area contributed by atoms with Gasteiger partial charge in [0.25, 0.3) is 0 Å².